The number of morpholine rings is 2. The largest absolute Gasteiger partial charge is 0.434 e. The molecule has 0 atom stereocenters. The van der Waals surface area contributed by atoms with Gasteiger partial charge < -0.3 is 25.0 Å². The highest BCUT2D eigenvalue weighted by Gasteiger charge is 2.36. The first kappa shape index (κ1) is 19.7. The Morgan fingerprint density at radius 3 is 2.10 bits per heavy atom. The van der Waals surface area contributed by atoms with Crippen molar-refractivity contribution in [2.24, 2.45) is 0 Å². The monoisotopic (exact) mass is 409 g/mol. The number of nitrogen functional groups attached to an aromatic ring is 1. The SMILES string of the molecule is Nc1ccc(-c2cc(N3CCOCC3)cc(N3CCOCC3)n2)c(C(F)(F)F)n1. The van der Waals surface area contributed by atoms with Gasteiger partial charge in [0.1, 0.15) is 11.6 Å². The van der Waals surface area contributed by atoms with Crippen molar-refractivity contribution >= 4 is 17.3 Å². The minimum atomic E-state index is -4.64. The lowest BCUT2D eigenvalue weighted by Gasteiger charge is -2.32. The maximum Gasteiger partial charge on any atom is 0.434 e. The molecule has 0 aromatic carbocycles. The summed E-state index contributed by atoms with van der Waals surface area (Å²) in [6, 6.07) is 6.29. The van der Waals surface area contributed by atoms with Gasteiger partial charge in [-0.25, -0.2) is 9.97 Å². The number of nitrogens with two attached hydrogens (primary N) is 1. The first-order valence-electron chi connectivity index (χ1n) is 9.43. The maximum atomic E-state index is 13.6. The molecule has 29 heavy (non-hydrogen) atoms. The zero-order valence-electron chi connectivity index (χ0n) is 15.8. The number of alkyl halides is 3. The molecular formula is C19H22F3N5O2. The van der Waals surface area contributed by atoms with Gasteiger partial charge in [0.05, 0.1) is 32.1 Å². The van der Waals surface area contributed by atoms with E-state index in [1.165, 1.54) is 12.1 Å². The minimum absolute atomic E-state index is 0.0867. The van der Waals surface area contributed by atoms with Gasteiger partial charge in [0.15, 0.2) is 5.69 Å². The van der Waals surface area contributed by atoms with Gasteiger partial charge in [-0.3, -0.25) is 0 Å². The van der Waals surface area contributed by atoms with E-state index in [1.54, 1.807) is 6.07 Å². The van der Waals surface area contributed by atoms with Gasteiger partial charge in [0.2, 0.25) is 0 Å². The summed E-state index contributed by atoms with van der Waals surface area (Å²) in [7, 11) is 0. The van der Waals surface area contributed by atoms with Crippen molar-refractivity contribution in [1.82, 2.24) is 9.97 Å². The topological polar surface area (TPSA) is 76.7 Å². The van der Waals surface area contributed by atoms with E-state index in [0.29, 0.717) is 58.4 Å². The van der Waals surface area contributed by atoms with Crippen molar-refractivity contribution in [3.8, 4) is 11.3 Å². The molecule has 2 fully saturated rings. The third-order valence-corrected chi connectivity index (χ3v) is 4.97. The Morgan fingerprint density at radius 1 is 0.862 bits per heavy atom. The molecule has 0 radical (unpaired) electrons. The van der Waals surface area contributed by atoms with Crippen molar-refractivity contribution in [2.75, 3.05) is 68.1 Å². The lowest BCUT2D eigenvalue weighted by molar-refractivity contribution is -0.140. The van der Waals surface area contributed by atoms with Crippen LogP contribution in [0.15, 0.2) is 24.3 Å². The molecule has 0 aliphatic carbocycles. The van der Waals surface area contributed by atoms with Crippen LogP contribution >= 0.6 is 0 Å². The van der Waals surface area contributed by atoms with E-state index in [0.717, 1.165) is 5.69 Å². The Balaban J connectivity index is 1.82. The summed E-state index contributed by atoms with van der Waals surface area (Å²) in [6.07, 6.45) is -4.64. The van der Waals surface area contributed by atoms with Crippen LogP contribution in [0.25, 0.3) is 11.3 Å². The molecule has 2 saturated heterocycles. The molecule has 156 valence electrons. The molecule has 4 rings (SSSR count). The Morgan fingerprint density at radius 2 is 1.48 bits per heavy atom. The quantitative estimate of drug-likeness (QED) is 0.834. The van der Waals surface area contributed by atoms with Gasteiger partial charge in [-0.2, -0.15) is 13.2 Å². The average Bonchev–Trinajstić information content (AvgIpc) is 2.74. The van der Waals surface area contributed by atoms with Crippen LogP contribution in [-0.2, 0) is 15.7 Å². The number of hydrogen-bond acceptors (Lipinski definition) is 7. The first-order valence-corrected chi connectivity index (χ1v) is 9.43. The van der Waals surface area contributed by atoms with Crippen LogP contribution in [0.3, 0.4) is 0 Å². The second-order valence-electron chi connectivity index (χ2n) is 6.90. The van der Waals surface area contributed by atoms with Crippen LogP contribution in [0, 0.1) is 0 Å². The van der Waals surface area contributed by atoms with Crippen LogP contribution in [0.4, 0.5) is 30.5 Å². The summed E-state index contributed by atoms with van der Waals surface area (Å²) < 4.78 is 51.7. The third-order valence-electron chi connectivity index (χ3n) is 4.97. The zero-order valence-corrected chi connectivity index (χ0v) is 15.8. The van der Waals surface area contributed by atoms with E-state index in [9.17, 15) is 13.2 Å². The molecule has 2 aliphatic rings. The van der Waals surface area contributed by atoms with Gasteiger partial charge in [0.25, 0.3) is 0 Å². The summed E-state index contributed by atoms with van der Waals surface area (Å²) in [6.45, 7) is 4.84. The molecule has 2 aromatic heterocycles. The Hall–Kier alpha value is -2.59. The van der Waals surface area contributed by atoms with Gasteiger partial charge in [0, 0.05) is 43.5 Å². The molecule has 0 spiro atoms. The number of ether oxygens (including phenoxy) is 2. The van der Waals surface area contributed by atoms with E-state index < -0.39 is 11.9 Å². The predicted octanol–water partition coefficient (Wildman–Crippen LogP) is 2.42. The molecule has 2 aromatic rings. The van der Waals surface area contributed by atoms with E-state index >= 15 is 0 Å². The molecule has 0 amide bonds. The second kappa shape index (κ2) is 8.03. The van der Waals surface area contributed by atoms with E-state index in [1.807, 2.05) is 11.0 Å². The van der Waals surface area contributed by atoms with Crippen LogP contribution in [0.1, 0.15) is 5.69 Å². The van der Waals surface area contributed by atoms with Crippen LogP contribution in [0.2, 0.25) is 0 Å². The Bertz CT molecular complexity index is 829. The first-order chi connectivity index (χ1) is 13.9. The summed E-state index contributed by atoms with van der Waals surface area (Å²) >= 11 is 0. The number of halogens is 3. The van der Waals surface area contributed by atoms with Gasteiger partial charge in [-0.15, -0.1) is 0 Å². The molecule has 0 bridgehead atoms. The van der Waals surface area contributed by atoms with E-state index in [2.05, 4.69) is 14.9 Å². The van der Waals surface area contributed by atoms with Crippen molar-refractivity contribution in [1.29, 1.82) is 0 Å². The molecule has 2 N–H and O–H groups in total. The molecule has 4 heterocycles. The lowest BCUT2D eigenvalue weighted by Crippen LogP contribution is -2.38. The fourth-order valence-electron chi connectivity index (χ4n) is 3.50. The molecule has 7 nitrogen and oxygen atoms in total. The number of nitrogens with zero attached hydrogens (tertiary/aromatic N) is 4. The number of rotatable bonds is 3. The maximum absolute atomic E-state index is 13.6. The zero-order chi connectivity index (χ0) is 20.4. The van der Waals surface area contributed by atoms with Crippen LogP contribution in [-0.4, -0.2) is 62.6 Å². The molecule has 0 unspecified atom stereocenters. The molecular weight excluding hydrogens is 387 g/mol. The molecule has 0 saturated carbocycles. The number of pyridine rings is 2. The summed E-state index contributed by atoms with van der Waals surface area (Å²) in [5, 5.41) is 0. The summed E-state index contributed by atoms with van der Waals surface area (Å²) in [5.41, 5.74) is 5.43. The van der Waals surface area contributed by atoms with Crippen molar-refractivity contribution < 1.29 is 22.6 Å². The van der Waals surface area contributed by atoms with Gasteiger partial charge >= 0.3 is 6.18 Å². The normalized spacial score (nSPS) is 18.2. The number of aromatic nitrogens is 2. The molecule has 10 heteroatoms. The average molecular weight is 409 g/mol. The van der Waals surface area contributed by atoms with Crippen molar-refractivity contribution in [3.63, 3.8) is 0 Å². The summed E-state index contributed by atoms with van der Waals surface area (Å²) in [5.74, 6) is 0.441. The fraction of sp³-hybridized carbons (Fsp3) is 0.474. The standard InChI is InChI=1S/C19H22F3N5O2/c20-19(21,22)18-14(1-2-16(23)25-18)15-11-13(26-3-7-28-8-4-26)12-17(24-15)27-5-9-29-10-6-27/h1-2,11-12H,3-10H2,(H2,23,25). The van der Waals surface area contributed by atoms with Crippen molar-refractivity contribution in [2.45, 2.75) is 6.18 Å². The number of anilines is 3. The highest BCUT2D eigenvalue weighted by Crippen LogP contribution is 2.37. The highest BCUT2D eigenvalue weighted by atomic mass is 19.4. The highest BCUT2D eigenvalue weighted by molar-refractivity contribution is 5.71. The van der Waals surface area contributed by atoms with Gasteiger partial charge in [-0.05, 0) is 18.2 Å². The Kier molecular flexibility index (Phi) is 5.46. The van der Waals surface area contributed by atoms with E-state index in [4.69, 9.17) is 15.2 Å². The smallest absolute Gasteiger partial charge is 0.384 e. The Labute approximate surface area is 166 Å². The predicted molar refractivity (Wildman–Crippen MR) is 103 cm³/mol. The van der Waals surface area contributed by atoms with Crippen LogP contribution in [0.5, 0.6) is 0 Å². The molecule has 2 aliphatic heterocycles. The minimum Gasteiger partial charge on any atom is -0.384 e. The van der Waals surface area contributed by atoms with Crippen LogP contribution < -0.4 is 15.5 Å². The lowest BCUT2D eigenvalue weighted by atomic mass is 10.1. The van der Waals surface area contributed by atoms with Gasteiger partial charge in [-0.1, -0.05) is 0 Å². The summed E-state index contributed by atoms with van der Waals surface area (Å²) in [4.78, 5) is 12.2. The van der Waals surface area contributed by atoms with Crippen molar-refractivity contribution in [3.05, 3.63) is 30.0 Å². The van der Waals surface area contributed by atoms with E-state index in [-0.39, 0.29) is 17.1 Å². The number of hydrogen-bond donors (Lipinski definition) is 1. The fourth-order valence-corrected chi connectivity index (χ4v) is 3.50. The second-order valence-corrected chi connectivity index (χ2v) is 6.90. The third kappa shape index (κ3) is 4.38.